The number of fused-ring (bicyclic) bond motifs is 2. The average molecular weight is 821 g/mol. The largest absolute Gasteiger partial charge is 0.506 e. The van der Waals surface area contributed by atoms with E-state index in [0.717, 1.165) is 82.6 Å². The highest BCUT2D eigenvalue weighted by atomic mass is 32.2. The SMILES string of the molecule is COc1cccc(Nc2c(C(N)=O)cnc3c(C)cc(Sc4cccc(C(=O)NCCCCCCCCNC[C@H](OS)c5ccc(O)c6[nH]c(=O)ccc56)c4)cc23)c1. The number of nitrogens with one attached hydrogen (secondary N) is 4. The molecule has 0 radical (unpaired) electrons. The summed E-state index contributed by atoms with van der Waals surface area (Å²) in [5, 5.41) is 21.5. The van der Waals surface area contributed by atoms with Gasteiger partial charge in [-0.2, -0.15) is 0 Å². The van der Waals surface area contributed by atoms with Gasteiger partial charge in [-0.15, -0.1) is 0 Å². The highest BCUT2D eigenvalue weighted by Crippen LogP contribution is 2.37. The van der Waals surface area contributed by atoms with Crippen molar-refractivity contribution in [2.24, 2.45) is 5.73 Å². The third-order valence-corrected chi connectivity index (χ3v) is 11.1. The number of amides is 2. The molecule has 0 saturated carbocycles. The zero-order valence-electron chi connectivity index (χ0n) is 32.5. The summed E-state index contributed by atoms with van der Waals surface area (Å²) in [7, 11) is 1.60. The van der Waals surface area contributed by atoms with E-state index < -0.39 is 5.91 Å². The first-order valence-electron chi connectivity index (χ1n) is 19.2. The number of aromatic hydroxyl groups is 1. The van der Waals surface area contributed by atoms with Gasteiger partial charge in [-0.1, -0.05) is 55.6 Å². The number of methoxy groups -OCH3 is 1. The van der Waals surface area contributed by atoms with Crippen LogP contribution in [-0.2, 0) is 4.18 Å². The van der Waals surface area contributed by atoms with Crippen LogP contribution in [-0.4, -0.2) is 53.6 Å². The maximum absolute atomic E-state index is 13.1. The third kappa shape index (κ3) is 10.7. The topological polar surface area (TPSA) is 181 Å². The Morgan fingerprint density at radius 2 is 1.69 bits per heavy atom. The number of hydrogen-bond acceptors (Lipinski definition) is 11. The molecule has 12 nitrogen and oxygen atoms in total. The van der Waals surface area contributed by atoms with Crippen molar-refractivity contribution in [2.75, 3.05) is 32.1 Å². The van der Waals surface area contributed by atoms with Crippen molar-refractivity contribution >= 4 is 69.7 Å². The molecule has 0 aliphatic rings. The molecule has 6 aromatic rings. The molecule has 0 aliphatic carbocycles. The minimum atomic E-state index is -0.590. The number of primary amides is 1. The van der Waals surface area contributed by atoms with Gasteiger partial charge in [-0.25, -0.2) is 0 Å². The van der Waals surface area contributed by atoms with Gasteiger partial charge >= 0.3 is 0 Å². The Kier molecular flexibility index (Phi) is 14.7. The molecular weight excluding hydrogens is 773 g/mol. The van der Waals surface area contributed by atoms with Crippen molar-refractivity contribution < 1.29 is 23.6 Å². The van der Waals surface area contributed by atoms with Gasteiger partial charge in [0.2, 0.25) is 5.56 Å². The summed E-state index contributed by atoms with van der Waals surface area (Å²) in [6.45, 7) is 3.94. The van der Waals surface area contributed by atoms with Crippen LogP contribution < -0.4 is 32.0 Å². The minimum absolute atomic E-state index is 0.00983. The van der Waals surface area contributed by atoms with Crippen molar-refractivity contribution in [3.63, 3.8) is 0 Å². The predicted octanol–water partition coefficient (Wildman–Crippen LogP) is 8.36. The lowest BCUT2D eigenvalue weighted by Crippen LogP contribution is -2.24. The van der Waals surface area contributed by atoms with Gasteiger partial charge in [-0.05, 0) is 105 Å². The summed E-state index contributed by atoms with van der Waals surface area (Å²) in [6.07, 6.45) is 7.35. The number of carbonyl (C=O) groups is 2. The van der Waals surface area contributed by atoms with E-state index in [1.807, 2.05) is 67.6 Å². The van der Waals surface area contributed by atoms with Crippen LogP contribution in [0.4, 0.5) is 11.4 Å². The van der Waals surface area contributed by atoms with Gasteiger partial charge in [-0.3, -0.25) is 19.4 Å². The highest BCUT2D eigenvalue weighted by molar-refractivity contribution is 7.99. The number of anilines is 2. The third-order valence-electron chi connectivity index (χ3n) is 9.85. The number of H-pyrrole nitrogens is 1. The highest BCUT2D eigenvalue weighted by Gasteiger charge is 2.18. The number of carbonyl (C=O) groups excluding carboxylic acids is 2. The Hall–Kier alpha value is -5.54. The van der Waals surface area contributed by atoms with Crippen molar-refractivity contribution in [1.82, 2.24) is 20.6 Å². The molecule has 0 spiro atoms. The Balaban J connectivity index is 0.944. The first-order chi connectivity index (χ1) is 28.1. The van der Waals surface area contributed by atoms with Crippen LogP contribution in [0.15, 0.2) is 106 Å². The molecule has 58 heavy (non-hydrogen) atoms. The number of unbranched alkanes of at least 4 members (excludes halogenated alkanes) is 5. The molecule has 0 unspecified atom stereocenters. The number of phenols is 1. The van der Waals surface area contributed by atoms with Gasteiger partial charge in [0.1, 0.15) is 17.6 Å². The van der Waals surface area contributed by atoms with Crippen molar-refractivity contribution in [3.05, 3.63) is 124 Å². The van der Waals surface area contributed by atoms with E-state index in [1.165, 1.54) is 24.0 Å². The number of hydrogen-bond donors (Lipinski definition) is 7. The molecule has 2 heterocycles. The Morgan fingerprint density at radius 3 is 2.47 bits per heavy atom. The van der Waals surface area contributed by atoms with Gasteiger partial charge in [0, 0.05) is 63.2 Å². The summed E-state index contributed by atoms with van der Waals surface area (Å²) in [5.74, 6) is -0.0162. The molecule has 0 bridgehead atoms. The van der Waals surface area contributed by atoms with Crippen LogP contribution in [0.5, 0.6) is 11.5 Å². The number of ether oxygens (including phenoxy) is 1. The summed E-state index contributed by atoms with van der Waals surface area (Å²) in [4.78, 5) is 46.4. The number of nitrogens with zero attached hydrogens (tertiary/aromatic N) is 1. The molecule has 0 fully saturated rings. The standard InChI is InChI=1S/C44H48N6O6S2/c1-27-21-32(24-35-40(27)48-25-36(43(45)53)41(35)49-29-12-10-13-30(23-29)55-2)58-31-14-9-11-28(22-31)44(54)47-20-8-6-4-3-5-7-19-46-26-38(56-57)33-15-17-37(51)42-34(33)16-18-39(52)50-42/h9-18,21-25,38,46,51,57H,3-8,19-20,26H2,1-2H3,(H2,45,53)(H,47,54)(H,48,49)(H,50,52)/t38-/m0/s1. The molecule has 6 rings (SSSR count). The van der Waals surface area contributed by atoms with Crippen LogP contribution in [0.2, 0.25) is 0 Å². The van der Waals surface area contributed by atoms with E-state index in [9.17, 15) is 19.5 Å². The molecule has 14 heteroatoms. The number of aromatic amines is 1. The molecule has 0 saturated heterocycles. The Morgan fingerprint density at radius 1 is 0.914 bits per heavy atom. The molecule has 4 aromatic carbocycles. The molecule has 7 N–H and O–H groups in total. The summed E-state index contributed by atoms with van der Waals surface area (Å²) in [5.41, 5.74) is 10.6. The zero-order valence-corrected chi connectivity index (χ0v) is 34.2. The van der Waals surface area contributed by atoms with E-state index in [-0.39, 0.29) is 28.9 Å². The van der Waals surface area contributed by atoms with Gasteiger partial charge < -0.3 is 40.7 Å². The molecule has 1 atom stereocenters. The Bertz CT molecular complexity index is 2460. The second-order valence-electron chi connectivity index (χ2n) is 14.0. The van der Waals surface area contributed by atoms with E-state index in [2.05, 4.69) is 38.8 Å². The monoisotopic (exact) mass is 820 g/mol. The van der Waals surface area contributed by atoms with E-state index in [4.69, 9.17) is 14.7 Å². The maximum atomic E-state index is 13.1. The molecule has 302 valence electrons. The van der Waals surface area contributed by atoms with Crippen LogP contribution in [0.1, 0.15) is 76.5 Å². The fraction of sp³-hybridized carbons (Fsp3) is 0.273. The van der Waals surface area contributed by atoms with Gasteiger partial charge in [0.25, 0.3) is 11.8 Å². The van der Waals surface area contributed by atoms with Crippen molar-refractivity contribution in [1.29, 1.82) is 0 Å². The number of nitrogens with two attached hydrogens (primary N) is 1. The minimum Gasteiger partial charge on any atom is -0.506 e. The first kappa shape index (κ1) is 42.1. The normalized spacial score (nSPS) is 11.8. The first-order valence-corrected chi connectivity index (χ1v) is 20.4. The molecular formula is C44H48N6O6S2. The number of aryl methyl sites for hydroxylation is 1. The van der Waals surface area contributed by atoms with Gasteiger partial charge in [0.15, 0.2) is 0 Å². The van der Waals surface area contributed by atoms with Crippen LogP contribution >= 0.6 is 24.7 Å². The fourth-order valence-corrected chi connectivity index (χ4v) is 8.08. The van der Waals surface area contributed by atoms with Crippen LogP contribution in [0, 0.1) is 6.92 Å². The lowest BCUT2D eigenvalue weighted by molar-refractivity contribution is 0.0951. The number of rotatable bonds is 20. The summed E-state index contributed by atoms with van der Waals surface area (Å²) < 4.78 is 10.8. The number of thiol groups is 1. The van der Waals surface area contributed by atoms with Gasteiger partial charge in [0.05, 0.1) is 29.4 Å². The van der Waals surface area contributed by atoms with Crippen molar-refractivity contribution in [2.45, 2.75) is 61.3 Å². The Labute approximate surface area is 346 Å². The number of benzene rings is 4. The quantitative estimate of drug-likeness (QED) is 0.0225. The fourth-order valence-electron chi connectivity index (χ4n) is 6.87. The smallest absolute Gasteiger partial charge is 0.252 e. The summed E-state index contributed by atoms with van der Waals surface area (Å²) in [6, 6.07) is 25.5. The number of pyridine rings is 2. The number of aromatic nitrogens is 2. The van der Waals surface area contributed by atoms with Crippen LogP contribution in [0.3, 0.4) is 0 Å². The van der Waals surface area contributed by atoms with E-state index >= 15 is 0 Å². The maximum Gasteiger partial charge on any atom is 0.252 e. The second-order valence-corrected chi connectivity index (χ2v) is 15.4. The van der Waals surface area contributed by atoms with E-state index in [1.54, 1.807) is 25.3 Å². The average Bonchev–Trinajstić information content (AvgIpc) is 3.22. The second kappa shape index (κ2) is 20.2. The lowest BCUT2D eigenvalue weighted by atomic mass is 10.0. The summed E-state index contributed by atoms with van der Waals surface area (Å²) >= 11 is 5.60. The molecule has 2 aromatic heterocycles. The zero-order chi connectivity index (χ0) is 41.0. The lowest BCUT2D eigenvalue weighted by Gasteiger charge is -2.18. The molecule has 0 aliphatic heterocycles. The molecule has 2 amide bonds. The van der Waals surface area contributed by atoms with E-state index in [0.29, 0.717) is 41.0 Å². The van der Waals surface area contributed by atoms with Crippen molar-refractivity contribution in [3.8, 4) is 11.5 Å². The predicted molar refractivity (Wildman–Crippen MR) is 234 cm³/mol. The number of phenolic OH excluding ortho intramolecular Hbond substituents is 1. The van der Waals surface area contributed by atoms with Crippen LogP contribution in [0.25, 0.3) is 21.8 Å².